The number of carbonyl (C=O) groups excluding carboxylic acids is 1. The molecule has 0 saturated carbocycles. The van der Waals surface area contributed by atoms with Crippen LogP contribution in [0.1, 0.15) is 10.5 Å². The quantitative estimate of drug-likeness (QED) is 0.862. The Labute approximate surface area is 106 Å². The van der Waals surface area contributed by atoms with Gasteiger partial charge in [0.1, 0.15) is 0 Å². The maximum absolute atomic E-state index is 11.3. The molecule has 0 aliphatic rings. The summed E-state index contributed by atoms with van der Waals surface area (Å²) >= 11 is 3.32. The highest BCUT2D eigenvalue weighted by atomic mass is 79.9. The zero-order chi connectivity index (χ0) is 12.4. The molecule has 0 spiro atoms. The fraction of sp³-hybridized carbons (Fsp3) is 0.0909. The van der Waals surface area contributed by atoms with E-state index in [1.54, 1.807) is 18.2 Å². The summed E-state index contributed by atoms with van der Waals surface area (Å²) in [5.74, 6) is -0.711. The van der Waals surface area contributed by atoms with Crippen molar-refractivity contribution in [2.24, 2.45) is 0 Å². The van der Waals surface area contributed by atoms with Gasteiger partial charge in [0.15, 0.2) is 5.69 Å². The van der Waals surface area contributed by atoms with E-state index in [4.69, 9.17) is 0 Å². The molecule has 0 radical (unpaired) electrons. The first-order valence-electron chi connectivity index (χ1n) is 4.75. The summed E-state index contributed by atoms with van der Waals surface area (Å²) in [6.07, 6.45) is 0. The third kappa shape index (κ3) is 2.31. The normalized spacial score (nSPS) is 10.2. The predicted molar refractivity (Wildman–Crippen MR) is 64.3 cm³/mol. The second-order valence-corrected chi connectivity index (χ2v) is 4.19. The lowest BCUT2D eigenvalue weighted by Gasteiger charge is -2.02. The first-order valence-corrected chi connectivity index (χ1v) is 5.54. The summed E-state index contributed by atoms with van der Waals surface area (Å²) < 4.78 is 6.64. The first kappa shape index (κ1) is 11.7. The predicted octanol–water partition coefficient (Wildman–Crippen LogP) is 2.13. The Morgan fingerprint density at radius 1 is 1.47 bits per heavy atom. The molecular formula is C11H9BrN2O3. The Bertz CT molecular complexity index is 566. The highest BCUT2D eigenvalue weighted by Gasteiger charge is 2.15. The topological polar surface area (TPSA) is 64.3 Å². The van der Waals surface area contributed by atoms with Crippen molar-refractivity contribution in [2.75, 3.05) is 7.11 Å². The largest absolute Gasteiger partial charge is 0.493 e. The van der Waals surface area contributed by atoms with Gasteiger partial charge in [0.05, 0.1) is 12.8 Å². The molecule has 1 heterocycles. The minimum absolute atomic E-state index is 0.0602. The number of aromatic hydroxyl groups is 1. The van der Waals surface area contributed by atoms with Crippen molar-refractivity contribution in [2.45, 2.75) is 0 Å². The fourth-order valence-electron chi connectivity index (χ4n) is 1.37. The number of ether oxygens (including phenoxy) is 1. The van der Waals surface area contributed by atoms with Crippen molar-refractivity contribution in [1.29, 1.82) is 0 Å². The molecule has 0 amide bonds. The van der Waals surface area contributed by atoms with Crippen LogP contribution in [0.25, 0.3) is 5.69 Å². The number of rotatable bonds is 2. The second-order valence-electron chi connectivity index (χ2n) is 3.27. The third-order valence-electron chi connectivity index (χ3n) is 2.14. The van der Waals surface area contributed by atoms with Crippen LogP contribution >= 0.6 is 15.9 Å². The monoisotopic (exact) mass is 296 g/mol. The van der Waals surface area contributed by atoms with E-state index in [2.05, 4.69) is 25.8 Å². The zero-order valence-corrected chi connectivity index (χ0v) is 10.5. The van der Waals surface area contributed by atoms with Gasteiger partial charge in [0.2, 0.25) is 5.88 Å². The van der Waals surface area contributed by atoms with Gasteiger partial charge in [-0.3, -0.25) is 0 Å². The molecule has 17 heavy (non-hydrogen) atoms. The van der Waals surface area contributed by atoms with E-state index < -0.39 is 5.97 Å². The Morgan fingerprint density at radius 2 is 2.24 bits per heavy atom. The van der Waals surface area contributed by atoms with Gasteiger partial charge in [-0.25, -0.2) is 9.48 Å². The summed E-state index contributed by atoms with van der Waals surface area (Å²) in [7, 11) is 1.26. The molecule has 0 saturated heterocycles. The summed E-state index contributed by atoms with van der Waals surface area (Å²) in [4.78, 5) is 11.3. The molecule has 1 aromatic heterocycles. The molecule has 0 unspecified atom stereocenters. The molecule has 88 valence electrons. The molecule has 5 nitrogen and oxygen atoms in total. The first-order chi connectivity index (χ1) is 8.11. The van der Waals surface area contributed by atoms with Crippen LogP contribution in [-0.2, 0) is 4.74 Å². The molecule has 6 heteroatoms. The number of nitrogens with zero attached hydrogens (tertiary/aromatic N) is 2. The smallest absolute Gasteiger partial charge is 0.358 e. The molecule has 0 atom stereocenters. The van der Waals surface area contributed by atoms with Crippen molar-refractivity contribution >= 4 is 21.9 Å². The van der Waals surface area contributed by atoms with Gasteiger partial charge in [-0.15, -0.1) is 0 Å². The molecule has 2 rings (SSSR count). The van der Waals surface area contributed by atoms with E-state index in [0.717, 1.165) is 4.47 Å². The van der Waals surface area contributed by atoms with Gasteiger partial charge in [-0.1, -0.05) is 22.0 Å². The van der Waals surface area contributed by atoms with Gasteiger partial charge in [-0.05, 0) is 18.2 Å². The molecular weight excluding hydrogens is 288 g/mol. The Balaban J connectivity index is 2.46. The third-order valence-corrected chi connectivity index (χ3v) is 2.63. The van der Waals surface area contributed by atoms with Crippen molar-refractivity contribution < 1.29 is 14.6 Å². The zero-order valence-electron chi connectivity index (χ0n) is 8.92. The number of methoxy groups -OCH3 is 1. The number of hydrogen-bond donors (Lipinski definition) is 1. The minimum atomic E-state index is -0.589. The van der Waals surface area contributed by atoms with Crippen LogP contribution in [0.4, 0.5) is 0 Å². The number of carbonyl (C=O) groups is 1. The van der Waals surface area contributed by atoms with Gasteiger partial charge < -0.3 is 9.84 Å². The molecule has 0 aliphatic heterocycles. The Hall–Kier alpha value is -1.82. The second kappa shape index (κ2) is 4.58. The van der Waals surface area contributed by atoms with Crippen molar-refractivity contribution in [3.05, 3.63) is 40.5 Å². The van der Waals surface area contributed by atoms with Crippen LogP contribution in [0.15, 0.2) is 34.8 Å². The van der Waals surface area contributed by atoms with Crippen LogP contribution in [0.3, 0.4) is 0 Å². The van der Waals surface area contributed by atoms with Gasteiger partial charge in [0.25, 0.3) is 0 Å². The average molecular weight is 297 g/mol. The van der Waals surface area contributed by atoms with Crippen LogP contribution in [0.2, 0.25) is 0 Å². The molecule has 0 fully saturated rings. The van der Waals surface area contributed by atoms with E-state index in [-0.39, 0.29) is 11.6 Å². The molecule has 1 aromatic carbocycles. The lowest BCUT2D eigenvalue weighted by atomic mass is 10.3. The highest BCUT2D eigenvalue weighted by Crippen LogP contribution is 2.21. The van der Waals surface area contributed by atoms with Crippen molar-refractivity contribution in [3.63, 3.8) is 0 Å². The van der Waals surface area contributed by atoms with E-state index >= 15 is 0 Å². The Morgan fingerprint density at radius 3 is 2.88 bits per heavy atom. The summed E-state index contributed by atoms with van der Waals surface area (Å²) in [6, 6.07) is 8.45. The summed E-state index contributed by atoms with van der Waals surface area (Å²) in [6.45, 7) is 0. The fourth-order valence-corrected chi connectivity index (χ4v) is 1.76. The van der Waals surface area contributed by atoms with Gasteiger partial charge in [-0.2, -0.15) is 5.10 Å². The minimum Gasteiger partial charge on any atom is -0.493 e. The molecule has 2 aromatic rings. The maximum atomic E-state index is 11.3. The van der Waals surface area contributed by atoms with Gasteiger partial charge in [0, 0.05) is 10.5 Å². The van der Waals surface area contributed by atoms with Crippen LogP contribution in [0.5, 0.6) is 5.88 Å². The molecule has 0 aliphatic carbocycles. The van der Waals surface area contributed by atoms with Crippen LogP contribution < -0.4 is 0 Å². The molecule has 0 bridgehead atoms. The SMILES string of the molecule is COC(=O)c1cc(O)n(-c2cccc(Br)c2)n1. The van der Waals surface area contributed by atoms with Gasteiger partial charge >= 0.3 is 5.97 Å². The van der Waals surface area contributed by atoms with E-state index in [9.17, 15) is 9.90 Å². The lowest BCUT2D eigenvalue weighted by Crippen LogP contribution is -2.04. The number of esters is 1. The number of aromatic nitrogens is 2. The maximum Gasteiger partial charge on any atom is 0.358 e. The number of hydrogen-bond acceptors (Lipinski definition) is 4. The Kier molecular flexibility index (Phi) is 3.14. The van der Waals surface area contributed by atoms with E-state index in [1.165, 1.54) is 17.9 Å². The highest BCUT2D eigenvalue weighted by molar-refractivity contribution is 9.10. The van der Waals surface area contributed by atoms with Crippen molar-refractivity contribution in [1.82, 2.24) is 9.78 Å². The standard InChI is InChI=1S/C11H9BrN2O3/c1-17-11(16)9-6-10(15)14(13-9)8-4-2-3-7(12)5-8/h2-6,15H,1H3. The summed E-state index contributed by atoms with van der Waals surface area (Å²) in [5.41, 5.74) is 0.706. The van der Waals surface area contributed by atoms with Crippen molar-refractivity contribution in [3.8, 4) is 11.6 Å². The van der Waals surface area contributed by atoms with E-state index in [0.29, 0.717) is 5.69 Å². The van der Waals surface area contributed by atoms with Crippen LogP contribution in [-0.4, -0.2) is 28.0 Å². The number of benzene rings is 1. The number of halogens is 1. The van der Waals surface area contributed by atoms with Crippen LogP contribution in [0, 0.1) is 0 Å². The lowest BCUT2D eigenvalue weighted by molar-refractivity contribution is 0.0593. The van der Waals surface area contributed by atoms with E-state index in [1.807, 2.05) is 6.07 Å². The summed E-state index contributed by atoms with van der Waals surface area (Å²) in [5, 5.41) is 13.7. The average Bonchev–Trinajstić information content (AvgIpc) is 2.70. The molecule has 1 N–H and O–H groups in total.